The highest BCUT2D eigenvalue weighted by atomic mass is 32.1. The summed E-state index contributed by atoms with van der Waals surface area (Å²) in [5, 5.41) is 4.59. The summed E-state index contributed by atoms with van der Waals surface area (Å²) in [6, 6.07) is 14.6. The molecule has 0 saturated heterocycles. The molecule has 1 aromatic heterocycles. The van der Waals surface area contributed by atoms with Crippen LogP contribution in [0.4, 0.5) is 18.9 Å². The van der Waals surface area contributed by atoms with Gasteiger partial charge in [-0.15, -0.1) is 24.5 Å². The van der Waals surface area contributed by atoms with Crippen molar-refractivity contribution in [1.29, 1.82) is 0 Å². The summed E-state index contributed by atoms with van der Waals surface area (Å²) in [4.78, 5) is 16.5. The lowest BCUT2D eigenvalue weighted by molar-refractivity contribution is -0.274. The molecule has 0 aliphatic heterocycles. The molecule has 1 heterocycles. The Morgan fingerprint density at radius 2 is 1.72 bits per heavy atom. The first-order valence-corrected chi connectivity index (χ1v) is 7.97. The Morgan fingerprint density at radius 1 is 1.04 bits per heavy atom. The minimum Gasteiger partial charge on any atom is -0.404 e. The second-order valence-corrected chi connectivity index (χ2v) is 5.76. The van der Waals surface area contributed by atoms with Gasteiger partial charge in [0.05, 0.1) is 5.69 Å². The Morgan fingerprint density at radius 3 is 2.44 bits per heavy atom. The van der Waals surface area contributed by atoms with E-state index < -0.39 is 18.0 Å². The number of nitrogens with zero attached hydrogens (tertiary/aromatic N) is 1. The highest BCUT2D eigenvalue weighted by Crippen LogP contribution is 2.30. The number of nitrogens with one attached hydrogen (secondary N) is 1. The number of hydrogen-bond donors (Lipinski definition) is 1. The van der Waals surface area contributed by atoms with Crippen molar-refractivity contribution in [3.8, 4) is 16.3 Å². The fraction of sp³-hybridized carbons (Fsp3) is 0.0588. The molecule has 0 unspecified atom stereocenters. The number of anilines is 1. The zero-order valence-corrected chi connectivity index (χ0v) is 13.4. The Hall–Kier alpha value is -2.87. The number of alkyl halides is 3. The van der Waals surface area contributed by atoms with Crippen molar-refractivity contribution in [3.05, 3.63) is 65.7 Å². The summed E-state index contributed by atoms with van der Waals surface area (Å²) in [5.41, 5.74) is 0.886. The SMILES string of the molecule is O=C(Nc1ccccc1OC(F)(F)F)c1csc(-c2ccccc2)n1. The number of hydrogen-bond acceptors (Lipinski definition) is 4. The number of thiazole rings is 1. The maximum Gasteiger partial charge on any atom is 0.573 e. The van der Waals surface area contributed by atoms with Crippen LogP contribution < -0.4 is 10.1 Å². The molecule has 1 amide bonds. The highest BCUT2D eigenvalue weighted by Gasteiger charge is 2.32. The van der Waals surface area contributed by atoms with Crippen LogP contribution in [-0.2, 0) is 0 Å². The third kappa shape index (κ3) is 4.36. The van der Waals surface area contributed by atoms with E-state index in [0.717, 1.165) is 11.6 Å². The molecule has 128 valence electrons. The van der Waals surface area contributed by atoms with E-state index >= 15 is 0 Å². The number of rotatable bonds is 4. The summed E-state index contributed by atoms with van der Waals surface area (Å²) >= 11 is 1.27. The maximum atomic E-state index is 12.4. The minimum absolute atomic E-state index is 0.0842. The van der Waals surface area contributed by atoms with Crippen LogP contribution in [0.5, 0.6) is 5.75 Å². The van der Waals surface area contributed by atoms with Crippen LogP contribution in [0.1, 0.15) is 10.5 Å². The van der Waals surface area contributed by atoms with Crippen molar-refractivity contribution in [3.63, 3.8) is 0 Å². The van der Waals surface area contributed by atoms with Gasteiger partial charge < -0.3 is 10.1 Å². The van der Waals surface area contributed by atoms with Gasteiger partial charge in [-0.3, -0.25) is 4.79 Å². The van der Waals surface area contributed by atoms with E-state index in [4.69, 9.17) is 0 Å². The standard InChI is InChI=1S/C17H11F3N2O2S/c18-17(19,20)24-14-9-5-4-8-12(14)21-15(23)13-10-25-16(22-13)11-6-2-1-3-7-11/h1-10H,(H,21,23). The molecule has 1 N–H and O–H groups in total. The Labute approximate surface area is 144 Å². The molecule has 0 spiro atoms. The molecule has 0 saturated carbocycles. The third-order valence-electron chi connectivity index (χ3n) is 3.12. The molecule has 2 aromatic carbocycles. The lowest BCUT2D eigenvalue weighted by Crippen LogP contribution is -2.19. The average molecular weight is 364 g/mol. The molecule has 3 aromatic rings. The first kappa shape index (κ1) is 17.0. The predicted octanol–water partition coefficient (Wildman–Crippen LogP) is 4.96. The number of ether oxygens (including phenoxy) is 1. The number of aromatic nitrogens is 1. The van der Waals surface area contributed by atoms with Gasteiger partial charge in [0.15, 0.2) is 5.75 Å². The van der Waals surface area contributed by atoms with E-state index in [-0.39, 0.29) is 11.4 Å². The zero-order valence-electron chi connectivity index (χ0n) is 12.6. The molecule has 4 nitrogen and oxygen atoms in total. The van der Waals surface area contributed by atoms with Crippen LogP contribution >= 0.6 is 11.3 Å². The maximum absolute atomic E-state index is 12.4. The Bertz CT molecular complexity index is 879. The van der Waals surface area contributed by atoms with Crippen molar-refractivity contribution >= 4 is 22.9 Å². The van der Waals surface area contributed by atoms with Crippen LogP contribution in [0.15, 0.2) is 60.0 Å². The Kier molecular flexibility index (Phi) is 4.71. The number of halogens is 3. The molecule has 0 fully saturated rings. The van der Waals surface area contributed by atoms with Crippen molar-refractivity contribution in [2.24, 2.45) is 0 Å². The van der Waals surface area contributed by atoms with Crippen LogP contribution in [0, 0.1) is 0 Å². The topological polar surface area (TPSA) is 51.2 Å². The molecule has 3 rings (SSSR count). The predicted molar refractivity (Wildman–Crippen MR) is 88.6 cm³/mol. The molecular weight excluding hydrogens is 353 g/mol. The fourth-order valence-corrected chi connectivity index (χ4v) is 2.87. The van der Waals surface area contributed by atoms with E-state index in [1.165, 1.54) is 29.5 Å². The average Bonchev–Trinajstić information content (AvgIpc) is 3.06. The van der Waals surface area contributed by atoms with Gasteiger partial charge in [0.1, 0.15) is 10.7 Å². The number of benzene rings is 2. The van der Waals surface area contributed by atoms with E-state index in [9.17, 15) is 18.0 Å². The van der Waals surface area contributed by atoms with Gasteiger partial charge in [-0.1, -0.05) is 42.5 Å². The van der Waals surface area contributed by atoms with Crippen molar-refractivity contribution in [2.75, 3.05) is 5.32 Å². The number of carbonyl (C=O) groups excluding carboxylic acids is 1. The molecule has 0 aliphatic rings. The second-order valence-electron chi connectivity index (χ2n) is 4.90. The van der Waals surface area contributed by atoms with E-state index in [1.807, 2.05) is 30.3 Å². The zero-order chi connectivity index (χ0) is 17.9. The fourth-order valence-electron chi connectivity index (χ4n) is 2.06. The van der Waals surface area contributed by atoms with Crippen molar-refractivity contribution in [1.82, 2.24) is 4.98 Å². The summed E-state index contributed by atoms with van der Waals surface area (Å²) in [7, 11) is 0. The van der Waals surface area contributed by atoms with Crippen molar-refractivity contribution < 1.29 is 22.7 Å². The molecule has 0 bridgehead atoms. The van der Waals surface area contributed by atoms with Gasteiger partial charge in [-0.25, -0.2) is 4.98 Å². The lowest BCUT2D eigenvalue weighted by atomic mass is 10.2. The minimum atomic E-state index is -4.85. The third-order valence-corrected chi connectivity index (χ3v) is 4.01. The largest absolute Gasteiger partial charge is 0.573 e. The van der Waals surface area contributed by atoms with Gasteiger partial charge in [-0.05, 0) is 12.1 Å². The smallest absolute Gasteiger partial charge is 0.404 e. The van der Waals surface area contributed by atoms with Crippen LogP contribution in [0.3, 0.4) is 0 Å². The van der Waals surface area contributed by atoms with Gasteiger partial charge in [0.2, 0.25) is 0 Å². The van der Waals surface area contributed by atoms with Gasteiger partial charge in [0.25, 0.3) is 5.91 Å². The lowest BCUT2D eigenvalue weighted by Gasteiger charge is -2.13. The quantitative estimate of drug-likeness (QED) is 0.712. The summed E-state index contributed by atoms with van der Waals surface area (Å²) in [5.74, 6) is -1.10. The van der Waals surface area contributed by atoms with Crippen LogP contribution in [0.2, 0.25) is 0 Å². The molecular formula is C17H11F3N2O2S. The molecule has 0 atom stereocenters. The molecule has 0 radical (unpaired) electrons. The van der Waals surface area contributed by atoms with E-state index in [1.54, 1.807) is 5.38 Å². The number of carbonyl (C=O) groups is 1. The summed E-state index contributed by atoms with van der Waals surface area (Å²) < 4.78 is 41.2. The summed E-state index contributed by atoms with van der Waals surface area (Å²) in [6.07, 6.45) is -4.85. The van der Waals surface area contributed by atoms with Crippen molar-refractivity contribution in [2.45, 2.75) is 6.36 Å². The summed E-state index contributed by atoms with van der Waals surface area (Å²) in [6.45, 7) is 0. The first-order valence-electron chi connectivity index (χ1n) is 7.09. The highest BCUT2D eigenvalue weighted by molar-refractivity contribution is 7.13. The normalized spacial score (nSPS) is 11.2. The second kappa shape index (κ2) is 6.94. The first-order chi connectivity index (χ1) is 11.9. The van der Waals surface area contributed by atoms with Crippen LogP contribution in [0.25, 0.3) is 10.6 Å². The molecule has 0 aliphatic carbocycles. The van der Waals surface area contributed by atoms with Gasteiger partial charge in [0, 0.05) is 10.9 Å². The Balaban J connectivity index is 1.79. The van der Waals surface area contributed by atoms with Gasteiger partial charge >= 0.3 is 6.36 Å². The van der Waals surface area contributed by atoms with Gasteiger partial charge in [-0.2, -0.15) is 0 Å². The molecule has 25 heavy (non-hydrogen) atoms. The number of amides is 1. The molecule has 8 heteroatoms. The van der Waals surface area contributed by atoms with Crippen LogP contribution in [-0.4, -0.2) is 17.3 Å². The monoisotopic (exact) mass is 364 g/mol. The van der Waals surface area contributed by atoms with E-state index in [0.29, 0.717) is 5.01 Å². The van der Waals surface area contributed by atoms with E-state index in [2.05, 4.69) is 15.0 Å². The number of para-hydroxylation sites is 2.